The molecule has 37 heavy (non-hydrogen) atoms. The van der Waals surface area contributed by atoms with Crippen LogP contribution in [0, 0.1) is 0 Å². The number of benzene rings is 2. The largest absolute Gasteiger partial charge is 0.726 e. The molecule has 1 aliphatic rings. The van der Waals surface area contributed by atoms with Gasteiger partial charge in [0.05, 0.1) is 13.7 Å². The fraction of sp³-hybridized carbons (Fsp3) is 0.318. The number of ether oxygens (including phenoxy) is 3. The van der Waals surface area contributed by atoms with Gasteiger partial charge in [-0.05, 0) is 18.2 Å². The number of fused-ring (bicyclic) bond motifs is 1. The van der Waals surface area contributed by atoms with Crippen LogP contribution in [0.5, 0.6) is 23.0 Å². The predicted octanol–water partition coefficient (Wildman–Crippen LogP) is -0.457. The summed E-state index contributed by atoms with van der Waals surface area (Å²) in [6.07, 6.45) is -9.22. The van der Waals surface area contributed by atoms with Crippen molar-refractivity contribution in [3.63, 3.8) is 0 Å². The second-order valence-electron chi connectivity index (χ2n) is 7.97. The van der Waals surface area contributed by atoms with Crippen LogP contribution in [-0.4, -0.2) is 82.9 Å². The van der Waals surface area contributed by atoms with Gasteiger partial charge in [0.2, 0.25) is 16.7 Å². The van der Waals surface area contributed by atoms with Gasteiger partial charge < -0.3 is 48.7 Å². The highest BCUT2D eigenvalue weighted by atomic mass is 32.3. The average Bonchev–Trinajstić information content (AvgIpc) is 2.82. The second-order valence-corrected chi connectivity index (χ2v) is 8.98. The van der Waals surface area contributed by atoms with E-state index in [1.807, 2.05) is 0 Å². The summed E-state index contributed by atoms with van der Waals surface area (Å²) in [4.78, 5) is 12.7. The van der Waals surface area contributed by atoms with Crippen molar-refractivity contribution in [2.45, 2.75) is 30.7 Å². The lowest BCUT2D eigenvalue weighted by Crippen LogP contribution is -2.61. The molecule has 1 aliphatic heterocycles. The van der Waals surface area contributed by atoms with Crippen LogP contribution < -0.4 is 14.9 Å². The van der Waals surface area contributed by atoms with Gasteiger partial charge in [-0.3, -0.25) is 8.98 Å². The van der Waals surface area contributed by atoms with Crippen molar-refractivity contribution in [1.29, 1.82) is 0 Å². The van der Waals surface area contributed by atoms with Gasteiger partial charge in [-0.15, -0.1) is 0 Å². The van der Waals surface area contributed by atoms with Crippen molar-refractivity contribution in [1.82, 2.24) is 0 Å². The van der Waals surface area contributed by atoms with E-state index in [0.717, 1.165) is 18.2 Å². The Morgan fingerprint density at radius 2 is 1.78 bits per heavy atom. The standard InChI is InChI=1S/C22H22O14S/c1-32-15-4-9(2-3-11(15)24)14-7-13(26)18-12(25)5-10(6-16(18)34-14)33-22-21(36-37(29,30)31)20(28)19(27)17(8-23)35-22/h2-7,17,19-25,27-28H,8H2,1H3,(H,29,30,31)/p-1/t17-,19-,20+,21-,22-/m1/s1. The van der Waals surface area contributed by atoms with Gasteiger partial charge in [-0.1, -0.05) is 0 Å². The van der Waals surface area contributed by atoms with Gasteiger partial charge in [-0.25, -0.2) is 8.42 Å². The van der Waals surface area contributed by atoms with E-state index in [4.69, 9.17) is 18.6 Å². The zero-order valence-corrected chi connectivity index (χ0v) is 19.7. The first-order valence-electron chi connectivity index (χ1n) is 10.5. The average molecular weight is 541 g/mol. The number of hydrogen-bond acceptors (Lipinski definition) is 14. The number of phenolic OH excluding ortho intramolecular Hbond substituents is 2. The highest BCUT2D eigenvalue weighted by Gasteiger charge is 2.47. The lowest BCUT2D eigenvalue weighted by Gasteiger charge is -2.41. The first-order valence-corrected chi connectivity index (χ1v) is 11.9. The maximum atomic E-state index is 12.7. The molecule has 5 atom stereocenters. The van der Waals surface area contributed by atoms with Gasteiger partial charge in [0.15, 0.2) is 23.0 Å². The summed E-state index contributed by atoms with van der Waals surface area (Å²) in [6, 6.07) is 7.37. The summed E-state index contributed by atoms with van der Waals surface area (Å²) in [5.41, 5.74) is -0.487. The molecule has 0 radical (unpaired) electrons. The first kappa shape index (κ1) is 26.6. The normalized spacial score (nSPS) is 24.2. The minimum Gasteiger partial charge on any atom is -0.726 e. The fourth-order valence-electron chi connectivity index (χ4n) is 3.81. The molecule has 1 saturated heterocycles. The van der Waals surface area contributed by atoms with Crippen molar-refractivity contribution in [2.75, 3.05) is 13.7 Å². The van der Waals surface area contributed by atoms with E-state index in [1.165, 1.54) is 25.3 Å². The van der Waals surface area contributed by atoms with Gasteiger partial charge in [0.25, 0.3) is 0 Å². The van der Waals surface area contributed by atoms with Gasteiger partial charge in [0, 0.05) is 23.8 Å². The highest BCUT2D eigenvalue weighted by molar-refractivity contribution is 7.80. The predicted molar refractivity (Wildman–Crippen MR) is 121 cm³/mol. The number of aliphatic hydroxyl groups excluding tert-OH is 3. The first-order chi connectivity index (χ1) is 17.4. The number of hydrogen-bond donors (Lipinski definition) is 5. The monoisotopic (exact) mass is 541 g/mol. The van der Waals surface area contributed by atoms with Crippen LogP contribution in [0.4, 0.5) is 0 Å². The summed E-state index contributed by atoms with van der Waals surface area (Å²) in [6.45, 7) is -0.813. The van der Waals surface area contributed by atoms with Crippen molar-refractivity contribution >= 4 is 21.4 Å². The van der Waals surface area contributed by atoms with E-state index in [1.54, 1.807) is 0 Å². The summed E-state index contributed by atoms with van der Waals surface area (Å²) in [5, 5.41) is 49.7. The molecule has 3 aromatic rings. The van der Waals surface area contributed by atoms with Crippen molar-refractivity contribution in [3.05, 3.63) is 46.6 Å². The quantitative estimate of drug-likeness (QED) is 0.189. The molecule has 0 bridgehead atoms. The van der Waals surface area contributed by atoms with Gasteiger partial charge in [-0.2, -0.15) is 0 Å². The van der Waals surface area contributed by atoms with Crippen molar-refractivity contribution in [2.24, 2.45) is 0 Å². The lowest BCUT2D eigenvalue weighted by atomic mass is 9.99. The SMILES string of the molecule is COc1cc(-c2cc(=O)c3c(O)cc(O[C@@H]4O[C@H](CO)[C@@H](O)[C@H](O)[C@H]4OS(=O)(=O)[O-])cc3o2)ccc1O. The highest BCUT2D eigenvalue weighted by Crippen LogP contribution is 2.35. The fourth-order valence-corrected chi connectivity index (χ4v) is 4.29. The zero-order chi connectivity index (χ0) is 27.1. The van der Waals surface area contributed by atoms with Crippen LogP contribution in [0.15, 0.2) is 45.6 Å². The Labute approximate surface area is 208 Å². The minimum atomic E-state index is -5.40. The van der Waals surface area contributed by atoms with E-state index in [-0.39, 0.29) is 34.0 Å². The second kappa shape index (κ2) is 10.1. The number of methoxy groups -OCH3 is 1. The number of aromatic hydroxyl groups is 2. The Kier molecular flexibility index (Phi) is 7.29. The molecule has 0 unspecified atom stereocenters. The molecule has 1 fully saturated rings. The smallest absolute Gasteiger partial charge is 0.230 e. The molecular formula is C22H21O14S-. The molecule has 0 saturated carbocycles. The zero-order valence-electron chi connectivity index (χ0n) is 18.9. The van der Waals surface area contributed by atoms with Crippen LogP contribution in [0.2, 0.25) is 0 Å². The molecule has 0 amide bonds. The number of phenols is 2. The van der Waals surface area contributed by atoms with Crippen LogP contribution in [0.25, 0.3) is 22.3 Å². The minimum absolute atomic E-state index is 0.0267. The molecule has 14 nitrogen and oxygen atoms in total. The van der Waals surface area contributed by atoms with Crippen molar-refractivity contribution in [3.8, 4) is 34.3 Å². The van der Waals surface area contributed by atoms with E-state index in [2.05, 4.69) is 4.18 Å². The van der Waals surface area contributed by atoms with E-state index >= 15 is 0 Å². The Morgan fingerprint density at radius 3 is 2.43 bits per heavy atom. The summed E-state index contributed by atoms with van der Waals surface area (Å²) in [5.74, 6) is -0.900. The molecule has 0 spiro atoms. The molecule has 1 aromatic heterocycles. The van der Waals surface area contributed by atoms with Gasteiger partial charge >= 0.3 is 0 Å². The third kappa shape index (κ3) is 5.47. The number of aliphatic hydroxyl groups is 3. The third-order valence-corrected chi connectivity index (χ3v) is 6.01. The van der Waals surface area contributed by atoms with Crippen LogP contribution in [0.3, 0.4) is 0 Å². The Bertz CT molecular complexity index is 1470. The van der Waals surface area contributed by atoms with E-state index < -0.39 is 58.9 Å². The topological polar surface area (TPSA) is 225 Å². The molecule has 15 heteroatoms. The molecule has 2 heterocycles. The van der Waals surface area contributed by atoms with Crippen molar-refractivity contribution < 1.29 is 61.3 Å². The Hall–Kier alpha value is -3.44. The summed E-state index contributed by atoms with van der Waals surface area (Å²) in [7, 11) is -4.07. The lowest BCUT2D eigenvalue weighted by molar-refractivity contribution is -0.271. The Morgan fingerprint density at radius 1 is 1.05 bits per heavy atom. The maximum Gasteiger partial charge on any atom is 0.230 e. The molecule has 0 aliphatic carbocycles. The van der Waals surface area contributed by atoms with Crippen LogP contribution >= 0.6 is 0 Å². The number of rotatable bonds is 7. The molecule has 200 valence electrons. The summed E-state index contributed by atoms with van der Waals surface area (Å²) < 4.78 is 59.3. The molecular weight excluding hydrogens is 520 g/mol. The Balaban J connectivity index is 1.75. The van der Waals surface area contributed by atoms with Crippen LogP contribution in [0.1, 0.15) is 0 Å². The van der Waals surface area contributed by atoms with E-state index in [9.17, 15) is 43.3 Å². The molecule has 5 N–H and O–H groups in total. The van der Waals surface area contributed by atoms with Gasteiger partial charge in [0.1, 0.15) is 46.5 Å². The molecule has 2 aromatic carbocycles. The van der Waals surface area contributed by atoms with E-state index in [0.29, 0.717) is 5.56 Å². The third-order valence-electron chi connectivity index (χ3n) is 5.55. The van der Waals surface area contributed by atoms with Crippen LogP contribution in [-0.2, 0) is 19.3 Å². The molecule has 4 rings (SSSR count). The maximum absolute atomic E-state index is 12.7. The summed E-state index contributed by atoms with van der Waals surface area (Å²) >= 11 is 0.